The van der Waals surface area contributed by atoms with Crippen molar-refractivity contribution < 1.29 is 9.59 Å². The number of piperidine rings is 1. The molecule has 2 aromatic rings. The van der Waals surface area contributed by atoms with E-state index in [0.717, 1.165) is 24.1 Å². The highest BCUT2D eigenvalue weighted by Crippen LogP contribution is 2.22. The minimum Gasteiger partial charge on any atom is -0.338 e. The third-order valence-electron chi connectivity index (χ3n) is 4.44. The second-order valence-electron chi connectivity index (χ2n) is 6.46. The Hall–Kier alpha value is -2.33. The SMILES string of the molecule is Cc1cccc(NC(=O)[C@@H]2CCCN(C(=O)c3cccc(Cl)c3)C2)c1. The molecule has 0 bridgehead atoms. The molecule has 0 radical (unpaired) electrons. The van der Waals surface area contributed by atoms with Gasteiger partial charge in [0.2, 0.25) is 5.91 Å². The van der Waals surface area contributed by atoms with Crippen LogP contribution in [0, 0.1) is 12.8 Å². The van der Waals surface area contributed by atoms with E-state index in [9.17, 15) is 9.59 Å². The van der Waals surface area contributed by atoms with Gasteiger partial charge >= 0.3 is 0 Å². The van der Waals surface area contributed by atoms with E-state index in [1.54, 1.807) is 29.2 Å². The second kappa shape index (κ2) is 7.70. The Labute approximate surface area is 152 Å². The van der Waals surface area contributed by atoms with Gasteiger partial charge in [-0.05, 0) is 55.7 Å². The number of carbonyl (C=O) groups excluding carboxylic acids is 2. The maximum absolute atomic E-state index is 12.7. The van der Waals surface area contributed by atoms with Crippen LogP contribution < -0.4 is 5.32 Å². The molecule has 0 aliphatic carbocycles. The van der Waals surface area contributed by atoms with Crippen molar-refractivity contribution in [2.45, 2.75) is 19.8 Å². The first-order chi connectivity index (χ1) is 12.0. The number of anilines is 1. The monoisotopic (exact) mass is 356 g/mol. The number of halogens is 1. The molecule has 1 saturated heterocycles. The predicted molar refractivity (Wildman–Crippen MR) is 99.9 cm³/mol. The Morgan fingerprint density at radius 3 is 2.72 bits per heavy atom. The van der Waals surface area contributed by atoms with Crippen LogP contribution in [0.4, 0.5) is 5.69 Å². The van der Waals surface area contributed by atoms with Crippen LogP contribution >= 0.6 is 11.6 Å². The predicted octanol–water partition coefficient (Wildman–Crippen LogP) is 4.14. The minimum atomic E-state index is -0.197. The van der Waals surface area contributed by atoms with Crippen LogP contribution in [-0.2, 0) is 4.79 Å². The fourth-order valence-corrected chi connectivity index (χ4v) is 3.34. The van der Waals surface area contributed by atoms with E-state index in [1.807, 2.05) is 31.2 Å². The zero-order valence-electron chi connectivity index (χ0n) is 14.2. The molecule has 5 heteroatoms. The molecule has 2 aromatic carbocycles. The Bertz CT molecular complexity index is 791. The van der Waals surface area contributed by atoms with Crippen molar-refractivity contribution in [1.82, 2.24) is 4.90 Å². The molecule has 25 heavy (non-hydrogen) atoms. The van der Waals surface area contributed by atoms with Gasteiger partial charge in [-0.25, -0.2) is 0 Å². The summed E-state index contributed by atoms with van der Waals surface area (Å²) in [6.45, 7) is 3.09. The number of nitrogens with zero attached hydrogens (tertiary/aromatic N) is 1. The van der Waals surface area contributed by atoms with Crippen molar-refractivity contribution in [3.63, 3.8) is 0 Å². The van der Waals surface area contributed by atoms with Crippen LogP contribution in [0.25, 0.3) is 0 Å². The first kappa shape index (κ1) is 17.5. The van der Waals surface area contributed by atoms with Gasteiger partial charge in [0.25, 0.3) is 5.91 Å². The van der Waals surface area contributed by atoms with Crippen molar-refractivity contribution in [3.05, 3.63) is 64.7 Å². The lowest BCUT2D eigenvalue weighted by Crippen LogP contribution is -2.43. The largest absolute Gasteiger partial charge is 0.338 e. The topological polar surface area (TPSA) is 49.4 Å². The summed E-state index contributed by atoms with van der Waals surface area (Å²) in [7, 11) is 0. The fourth-order valence-electron chi connectivity index (χ4n) is 3.15. The highest BCUT2D eigenvalue weighted by molar-refractivity contribution is 6.30. The molecule has 0 aromatic heterocycles. The van der Waals surface area contributed by atoms with E-state index in [4.69, 9.17) is 11.6 Å². The van der Waals surface area contributed by atoms with Gasteiger partial charge in [-0.2, -0.15) is 0 Å². The number of likely N-dealkylation sites (tertiary alicyclic amines) is 1. The zero-order valence-corrected chi connectivity index (χ0v) is 14.9. The third-order valence-corrected chi connectivity index (χ3v) is 4.67. The normalized spacial score (nSPS) is 17.2. The molecule has 4 nitrogen and oxygen atoms in total. The first-order valence-corrected chi connectivity index (χ1v) is 8.83. The quantitative estimate of drug-likeness (QED) is 0.898. The van der Waals surface area contributed by atoms with Crippen LogP contribution in [0.1, 0.15) is 28.8 Å². The number of hydrogen-bond acceptors (Lipinski definition) is 2. The molecule has 1 fully saturated rings. The zero-order chi connectivity index (χ0) is 17.8. The standard InChI is InChI=1S/C20H21ClN2O2/c1-14-5-2-9-18(11-14)22-19(24)16-7-4-10-23(13-16)20(25)15-6-3-8-17(21)12-15/h2-3,5-6,8-9,11-12,16H,4,7,10,13H2,1H3,(H,22,24)/t16-/m1/s1. The van der Waals surface area contributed by atoms with Crippen LogP contribution in [0.15, 0.2) is 48.5 Å². The summed E-state index contributed by atoms with van der Waals surface area (Å²) >= 11 is 5.98. The Morgan fingerprint density at radius 2 is 1.96 bits per heavy atom. The fraction of sp³-hybridized carbons (Fsp3) is 0.300. The maximum atomic E-state index is 12.7. The lowest BCUT2D eigenvalue weighted by atomic mass is 9.96. The average molecular weight is 357 g/mol. The first-order valence-electron chi connectivity index (χ1n) is 8.45. The molecule has 0 saturated carbocycles. The van der Waals surface area contributed by atoms with Crippen molar-refractivity contribution in [1.29, 1.82) is 0 Å². The molecule has 1 N–H and O–H groups in total. The number of benzene rings is 2. The molecule has 130 valence electrons. The maximum Gasteiger partial charge on any atom is 0.253 e. The summed E-state index contributed by atoms with van der Waals surface area (Å²) in [5, 5.41) is 3.50. The molecule has 1 heterocycles. The van der Waals surface area contributed by atoms with Crippen LogP contribution in [-0.4, -0.2) is 29.8 Å². The summed E-state index contributed by atoms with van der Waals surface area (Å²) in [6, 6.07) is 14.7. The lowest BCUT2D eigenvalue weighted by molar-refractivity contribution is -0.121. The van der Waals surface area contributed by atoms with Gasteiger partial charge in [-0.15, -0.1) is 0 Å². The van der Waals surface area contributed by atoms with E-state index in [1.165, 1.54) is 0 Å². The van der Waals surface area contributed by atoms with E-state index < -0.39 is 0 Å². The lowest BCUT2D eigenvalue weighted by Gasteiger charge is -2.32. The summed E-state index contributed by atoms with van der Waals surface area (Å²) < 4.78 is 0. The smallest absolute Gasteiger partial charge is 0.253 e. The Kier molecular flexibility index (Phi) is 5.39. The third kappa shape index (κ3) is 4.40. The van der Waals surface area contributed by atoms with Gasteiger partial charge in [0.05, 0.1) is 5.92 Å². The van der Waals surface area contributed by atoms with E-state index in [2.05, 4.69) is 5.32 Å². The number of amides is 2. The summed E-state index contributed by atoms with van der Waals surface area (Å²) in [4.78, 5) is 27.0. The van der Waals surface area contributed by atoms with Gasteiger partial charge in [0.1, 0.15) is 0 Å². The molecular formula is C20H21ClN2O2. The molecular weight excluding hydrogens is 336 g/mol. The summed E-state index contributed by atoms with van der Waals surface area (Å²) in [5.41, 5.74) is 2.45. The summed E-state index contributed by atoms with van der Waals surface area (Å²) in [5.74, 6) is -0.304. The van der Waals surface area contributed by atoms with Crippen molar-refractivity contribution in [2.24, 2.45) is 5.92 Å². The van der Waals surface area contributed by atoms with Crippen LogP contribution in [0.2, 0.25) is 5.02 Å². The Morgan fingerprint density at radius 1 is 1.16 bits per heavy atom. The minimum absolute atomic E-state index is 0.0332. The van der Waals surface area contributed by atoms with E-state index >= 15 is 0 Å². The molecule has 1 atom stereocenters. The second-order valence-corrected chi connectivity index (χ2v) is 6.90. The molecule has 2 amide bonds. The van der Waals surface area contributed by atoms with Crippen LogP contribution in [0.3, 0.4) is 0 Å². The molecule has 3 rings (SSSR count). The van der Waals surface area contributed by atoms with Crippen molar-refractivity contribution in [3.8, 4) is 0 Å². The highest BCUT2D eigenvalue weighted by Gasteiger charge is 2.29. The van der Waals surface area contributed by atoms with Crippen molar-refractivity contribution in [2.75, 3.05) is 18.4 Å². The van der Waals surface area contributed by atoms with Gasteiger partial charge in [0, 0.05) is 29.4 Å². The summed E-state index contributed by atoms with van der Waals surface area (Å²) in [6.07, 6.45) is 1.61. The number of hydrogen-bond donors (Lipinski definition) is 1. The number of carbonyl (C=O) groups is 2. The highest BCUT2D eigenvalue weighted by atomic mass is 35.5. The van der Waals surface area contributed by atoms with Gasteiger partial charge in [0.15, 0.2) is 0 Å². The van der Waals surface area contributed by atoms with Gasteiger partial charge in [-0.1, -0.05) is 29.8 Å². The number of rotatable bonds is 3. The molecule has 0 unspecified atom stereocenters. The molecule has 0 spiro atoms. The van der Waals surface area contributed by atoms with E-state index in [-0.39, 0.29) is 17.7 Å². The van der Waals surface area contributed by atoms with Crippen molar-refractivity contribution >= 4 is 29.1 Å². The van der Waals surface area contributed by atoms with Gasteiger partial charge in [-0.3, -0.25) is 9.59 Å². The average Bonchev–Trinajstić information content (AvgIpc) is 2.61. The van der Waals surface area contributed by atoms with E-state index in [0.29, 0.717) is 23.7 Å². The molecule has 1 aliphatic rings. The van der Waals surface area contributed by atoms with Gasteiger partial charge < -0.3 is 10.2 Å². The number of nitrogens with one attached hydrogen (secondary N) is 1. The number of aryl methyl sites for hydroxylation is 1. The molecule has 1 aliphatic heterocycles. The Balaban J connectivity index is 1.66. The van der Waals surface area contributed by atoms with Crippen LogP contribution in [0.5, 0.6) is 0 Å².